The number of benzene rings is 1. The molecule has 0 aliphatic rings. The van der Waals surface area contributed by atoms with Gasteiger partial charge in [-0.3, -0.25) is 0 Å². The van der Waals surface area contributed by atoms with Crippen molar-refractivity contribution in [1.82, 2.24) is 4.98 Å². The predicted octanol–water partition coefficient (Wildman–Crippen LogP) is 4.66. The first-order valence-electron chi connectivity index (χ1n) is 5.05. The normalized spacial score (nSPS) is 12.2. The van der Waals surface area contributed by atoms with Crippen LogP contribution in [0.5, 0.6) is 0 Å². The molecule has 1 aromatic heterocycles. The Balaban J connectivity index is 2.93. The monoisotopic (exact) mass is 277 g/mol. The average molecular weight is 278 g/mol. The lowest BCUT2D eigenvalue weighted by atomic mass is 10.1. The third-order valence-corrected chi connectivity index (χ3v) is 3.16. The minimum atomic E-state index is -4.61. The second-order valence-electron chi connectivity index (χ2n) is 4.01. The number of fused-ring (bicyclic) bond motifs is 1. The lowest BCUT2D eigenvalue weighted by Crippen LogP contribution is -2.11. The summed E-state index contributed by atoms with van der Waals surface area (Å²) in [6, 6.07) is 2.16. The first-order valence-corrected chi connectivity index (χ1v) is 5.42. The van der Waals surface area contributed by atoms with Crippen molar-refractivity contribution in [2.75, 3.05) is 0 Å². The molecule has 6 heteroatoms. The number of pyridine rings is 1. The summed E-state index contributed by atoms with van der Waals surface area (Å²) in [6.45, 7) is 2.83. The summed E-state index contributed by atoms with van der Waals surface area (Å²) >= 11 is 5.93. The summed E-state index contributed by atoms with van der Waals surface area (Å²) in [5.41, 5.74) is -0.855. The Hall–Kier alpha value is -1.36. The van der Waals surface area contributed by atoms with E-state index in [-0.39, 0.29) is 16.1 Å². The van der Waals surface area contributed by atoms with Gasteiger partial charge in [-0.05, 0) is 31.0 Å². The number of aryl methyl sites for hydroxylation is 1. The van der Waals surface area contributed by atoms with Crippen LogP contribution in [0.1, 0.15) is 16.8 Å². The second-order valence-corrected chi connectivity index (χ2v) is 4.39. The van der Waals surface area contributed by atoms with Crippen molar-refractivity contribution in [3.05, 3.63) is 39.8 Å². The van der Waals surface area contributed by atoms with E-state index in [0.717, 1.165) is 6.07 Å². The van der Waals surface area contributed by atoms with Gasteiger partial charge in [-0.15, -0.1) is 0 Å². The Bertz CT molecular complexity index is 634. The molecule has 1 aromatic carbocycles. The fraction of sp³-hybridized carbons (Fsp3) is 0.250. The Morgan fingerprint density at radius 2 is 1.78 bits per heavy atom. The van der Waals surface area contributed by atoms with Gasteiger partial charge in [0.2, 0.25) is 0 Å². The smallest absolute Gasteiger partial charge is 0.243 e. The zero-order chi connectivity index (χ0) is 13.7. The van der Waals surface area contributed by atoms with Crippen molar-refractivity contribution >= 4 is 22.5 Å². The molecule has 0 amide bonds. The molecular formula is C12H8ClF4N. The van der Waals surface area contributed by atoms with E-state index in [1.165, 1.54) is 13.0 Å². The molecule has 0 aliphatic carbocycles. The Morgan fingerprint density at radius 1 is 1.17 bits per heavy atom. The van der Waals surface area contributed by atoms with Crippen molar-refractivity contribution in [1.29, 1.82) is 0 Å². The number of alkyl halides is 3. The molecule has 2 rings (SSSR count). The van der Waals surface area contributed by atoms with E-state index in [1.807, 2.05) is 0 Å². The van der Waals surface area contributed by atoms with Crippen molar-refractivity contribution in [2.24, 2.45) is 0 Å². The summed E-state index contributed by atoms with van der Waals surface area (Å²) in [5.74, 6) is -0.638. The maximum absolute atomic E-state index is 13.2. The molecule has 0 saturated heterocycles. The highest BCUT2D eigenvalue weighted by atomic mass is 35.5. The molecule has 0 saturated carbocycles. The molecule has 0 bridgehead atoms. The molecule has 0 unspecified atom stereocenters. The van der Waals surface area contributed by atoms with Gasteiger partial charge in [0.25, 0.3) is 0 Å². The van der Waals surface area contributed by atoms with E-state index in [2.05, 4.69) is 4.98 Å². The van der Waals surface area contributed by atoms with E-state index >= 15 is 0 Å². The van der Waals surface area contributed by atoms with Crippen LogP contribution in [0.15, 0.2) is 12.1 Å². The standard InChI is InChI=1S/C12H8ClF4N/c1-5-3-7(14)4-8-9(5)10(13)6(2)11(18-8)12(15,16)17/h3-4H,1-2H3. The van der Waals surface area contributed by atoms with Crippen LogP contribution < -0.4 is 0 Å². The third kappa shape index (κ3) is 2.03. The fourth-order valence-electron chi connectivity index (χ4n) is 1.87. The van der Waals surface area contributed by atoms with E-state index in [0.29, 0.717) is 10.9 Å². The maximum Gasteiger partial charge on any atom is 0.433 e. The quantitative estimate of drug-likeness (QED) is 0.638. The molecule has 18 heavy (non-hydrogen) atoms. The van der Waals surface area contributed by atoms with Crippen LogP contribution in [0.25, 0.3) is 10.9 Å². The third-order valence-electron chi connectivity index (χ3n) is 2.68. The summed E-state index contributed by atoms with van der Waals surface area (Å²) in [6.07, 6.45) is -4.61. The van der Waals surface area contributed by atoms with Crippen LogP contribution in [0.4, 0.5) is 17.6 Å². The molecule has 0 spiro atoms. The Morgan fingerprint density at radius 3 is 2.33 bits per heavy atom. The van der Waals surface area contributed by atoms with Crippen LogP contribution in [-0.4, -0.2) is 4.98 Å². The van der Waals surface area contributed by atoms with Crippen LogP contribution in [0.3, 0.4) is 0 Å². The van der Waals surface area contributed by atoms with Gasteiger partial charge in [-0.1, -0.05) is 11.6 Å². The zero-order valence-corrected chi connectivity index (χ0v) is 10.2. The van der Waals surface area contributed by atoms with Gasteiger partial charge in [0.1, 0.15) is 11.5 Å². The SMILES string of the molecule is Cc1c(C(F)(F)F)nc2cc(F)cc(C)c2c1Cl. The van der Waals surface area contributed by atoms with E-state index < -0.39 is 17.7 Å². The fourth-order valence-corrected chi connectivity index (χ4v) is 2.21. The largest absolute Gasteiger partial charge is 0.433 e. The Labute approximate surface area is 105 Å². The van der Waals surface area contributed by atoms with Crippen molar-refractivity contribution < 1.29 is 17.6 Å². The highest BCUT2D eigenvalue weighted by Crippen LogP contribution is 2.37. The molecule has 1 heterocycles. The summed E-state index contributed by atoms with van der Waals surface area (Å²) in [5, 5.41) is 0.313. The number of aromatic nitrogens is 1. The van der Waals surface area contributed by atoms with Gasteiger partial charge >= 0.3 is 6.18 Å². The highest BCUT2D eigenvalue weighted by Gasteiger charge is 2.36. The summed E-state index contributed by atoms with van der Waals surface area (Å²) < 4.78 is 51.4. The average Bonchev–Trinajstić information content (AvgIpc) is 2.20. The minimum absolute atomic E-state index is 0.0372. The Kier molecular flexibility index (Phi) is 2.97. The van der Waals surface area contributed by atoms with Crippen LogP contribution >= 0.6 is 11.6 Å². The second kappa shape index (κ2) is 4.09. The van der Waals surface area contributed by atoms with Gasteiger partial charge in [0, 0.05) is 11.5 Å². The lowest BCUT2D eigenvalue weighted by Gasteiger charge is -2.14. The molecule has 96 valence electrons. The molecule has 0 aliphatic heterocycles. The molecule has 0 radical (unpaired) electrons. The van der Waals surface area contributed by atoms with E-state index in [9.17, 15) is 17.6 Å². The molecular weight excluding hydrogens is 270 g/mol. The minimum Gasteiger partial charge on any atom is -0.243 e. The van der Waals surface area contributed by atoms with Gasteiger partial charge in [0.05, 0.1) is 10.5 Å². The number of hydrogen-bond acceptors (Lipinski definition) is 1. The van der Waals surface area contributed by atoms with E-state index in [4.69, 9.17) is 11.6 Å². The van der Waals surface area contributed by atoms with Gasteiger partial charge in [0.15, 0.2) is 0 Å². The predicted molar refractivity (Wildman–Crippen MR) is 61.2 cm³/mol. The zero-order valence-electron chi connectivity index (χ0n) is 9.49. The van der Waals surface area contributed by atoms with E-state index in [1.54, 1.807) is 6.92 Å². The van der Waals surface area contributed by atoms with Crippen LogP contribution in [-0.2, 0) is 6.18 Å². The van der Waals surface area contributed by atoms with Gasteiger partial charge in [-0.25, -0.2) is 9.37 Å². The first-order chi connectivity index (χ1) is 8.21. The van der Waals surface area contributed by atoms with Gasteiger partial charge in [-0.2, -0.15) is 13.2 Å². The molecule has 2 aromatic rings. The number of hydrogen-bond donors (Lipinski definition) is 0. The highest BCUT2D eigenvalue weighted by molar-refractivity contribution is 6.36. The number of halogens is 5. The van der Waals surface area contributed by atoms with Crippen molar-refractivity contribution in [2.45, 2.75) is 20.0 Å². The maximum atomic E-state index is 13.2. The number of rotatable bonds is 0. The lowest BCUT2D eigenvalue weighted by molar-refractivity contribution is -0.141. The summed E-state index contributed by atoms with van der Waals surface area (Å²) in [4.78, 5) is 3.48. The molecule has 1 nitrogen and oxygen atoms in total. The summed E-state index contributed by atoms with van der Waals surface area (Å²) in [7, 11) is 0. The van der Waals surface area contributed by atoms with Crippen molar-refractivity contribution in [3.63, 3.8) is 0 Å². The molecule has 0 N–H and O–H groups in total. The van der Waals surface area contributed by atoms with Crippen LogP contribution in [0, 0.1) is 19.7 Å². The van der Waals surface area contributed by atoms with Crippen molar-refractivity contribution in [3.8, 4) is 0 Å². The van der Waals surface area contributed by atoms with Gasteiger partial charge < -0.3 is 0 Å². The number of nitrogens with zero attached hydrogens (tertiary/aromatic N) is 1. The van der Waals surface area contributed by atoms with Crippen LogP contribution in [0.2, 0.25) is 5.02 Å². The molecule has 0 fully saturated rings. The molecule has 0 atom stereocenters. The first kappa shape index (κ1) is 13.1. The topological polar surface area (TPSA) is 12.9 Å².